The summed E-state index contributed by atoms with van der Waals surface area (Å²) in [7, 11) is 1.82. The second-order valence-corrected chi connectivity index (χ2v) is 5.55. The van der Waals surface area contributed by atoms with Gasteiger partial charge in [-0.3, -0.25) is 0 Å². The van der Waals surface area contributed by atoms with E-state index in [1.807, 2.05) is 0 Å². The third-order valence-electron chi connectivity index (χ3n) is 2.48. The van der Waals surface area contributed by atoms with Crippen LogP contribution in [0.5, 0.6) is 0 Å². The van der Waals surface area contributed by atoms with Gasteiger partial charge in [0.25, 0.3) is 6.08 Å². The van der Waals surface area contributed by atoms with Gasteiger partial charge in [0.1, 0.15) is 5.82 Å². The zero-order valence-corrected chi connectivity index (χ0v) is 12.4. The molecular weight excluding hydrogens is 320 g/mol. The van der Waals surface area contributed by atoms with E-state index in [4.69, 9.17) is 0 Å². The first-order valence-electron chi connectivity index (χ1n) is 5.28. The standard InChI is InChI=1S/C12H10F6P2/c1-20-8(11(15)16)3-5-2-6(19)4-7(13)9(5)10(14)12(17)18/h2,4,20H,3,19H2,1H3. The molecule has 110 valence electrons. The lowest BCUT2D eigenvalue weighted by molar-refractivity contribution is 0.409. The van der Waals surface area contributed by atoms with E-state index in [2.05, 4.69) is 9.24 Å². The first kappa shape index (κ1) is 17.2. The second kappa shape index (κ2) is 7.24. The number of halogens is 6. The first-order chi connectivity index (χ1) is 9.27. The van der Waals surface area contributed by atoms with Crippen molar-refractivity contribution in [1.82, 2.24) is 0 Å². The van der Waals surface area contributed by atoms with E-state index < -0.39 is 35.8 Å². The van der Waals surface area contributed by atoms with Crippen molar-refractivity contribution in [3.05, 3.63) is 46.6 Å². The van der Waals surface area contributed by atoms with Gasteiger partial charge in [-0.2, -0.15) is 17.6 Å². The van der Waals surface area contributed by atoms with E-state index in [0.717, 1.165) is 6.07 Å². The van der Waals surface area contributed by atoms with Gasteiger partial charge in [0, 0.05) is 11.7 Å². The van der Waals surface area contributed by atoms with Crippen LogP contribution in [0.4, 0.5) is 26.3 Å². The number of hydrogen-bond acceptors (Lipinski definition) is 0. The predicted molar refractivity (Wildman–Crippen MR) is 73.2 cm³/mol. The fraction of sp³-hybridized carbons (Fsp3) is 0.167. The molecule has 2 atom stereocenters. The molecule has 0 bridgehead atoms. The van der Waals surface area contributed by atoms with E-state index in [1.165, 1.54) is 12.7 Å². The van der Waals surface area contributed by atoms with E-state index in [-0.39, 0.29) is 24.8 Å². The Hall–Kier alpha value is -0.860. The van der Waals surface area contributed by atoms with Crippen LogP contribution in [-0.2, 0) is 6.42 Å². The van der Waals surface area contributed by atoms with Crippen molar-refractivity contribution >= 4 is 29.0 Å². The molecule has 0 fully saturated rings. The molecule has 0 saturated heterocycles. The highest BCUT2D eigenvalue weighted by atomic mass is 31.1. The topological polar surface area (TPSA) is 0 Å². The van der Waals surface area contributed by atoms with E-state index >= 15 is 0 Å². The van der Waals surface area contributed by atoms with Gasteiger partial charge >= 0.3 is 6.08 Å². The summed E-state index contributed by atoms with van der Waals surface area (Å²) in [6, 6.07) is 2.03. The van der Waals surface area contributed by atoms with Crippen LogP contribution in [0.25, 0.3) is 5.83 Å². The highest BCUT2D eigenvalue weighted by Gasteiger charge is 2.20. The van der Waals surface area contributed by atoms with Crippen molar-refractivity contribution in [3.63, 3.8) is 0 Å². The zero-order chi connectivity index (χ0) is 15.4. The minimum atomic E-state index is -2.69. The van der Waals surface area contributed by atoms with Crippen molar-refractivity contribution in [1.29, 1.82) is 0 Å². The molecule has 0 heterocycles. The molecule has 0 radical (unpaired) electrons. The Labute approximate surface area is 115 Å². The van der Waals surface area contributed by atoms with E-state index in [1.54, 1.807) is 0 Å². The van der Waals surface area contributed by atoms with Gasteiger partial charge in [-0.05, 0) is 23.6 Å². The lowest BCUT2D eigenvalue weighted by Crippen LogP contribution is -2.04. The van der Waals surface area contributed by atoms with Crippen molar-refractivity contribution in [2.75, 3.05) is 6.66 Å². The van der Waals surface area contributed by atoms with Crippen LogP contribution < -0.4 is 5.30 Å². The molecule has 0 amide bonds. The quantitative estimate of drug-likeness (QED) is 0.548. The largest absolute Gasteiger partial charge is 0.306 e. The molecular formula is C12H10F6P2. The Morgan fingerprint density at radius 2 is 1.70 bits per heavy atom. The molecule has 20 heavy (non-hydrogen) atoms. The summed E-state index contributed by atoms with van der Waals surface area (Å²) in [6.07, 6.45) is -5.13. The molecule has 2 unspecified atom stereocenters. The Kier molecular flexibility index (Phi) is 6.22. The second-order valence-electron chi connectivity index (χ2n) is 3.78. The Morgan fingerprint density at radius 1 is 1.10 bits per heavy atom. The van der Waals surface area contributed by atoms with Crippen LogP contribution in [0.1, 0.15) is 11.1 Å². The van der Waals surface area contributed by atoms with Crippen LogP contribution in [0.3, 0.4) is 0 Å². The lowest BCUT2D eigenvalue weighted by Gasteiger charge is -2.11. The normalized spacial score (nSPS) is 11.0. The molecule has 0 aromatic heterocycles. The van der Waals surface area contributed by atoms with Crippen LogP contribution in [0, 0.1) is 5.82 Å². The average molecular weight is 330 g/mol. The van der Waals surface area contributed by atoms with Crippen LogP contribution in [-0.4, -0.2) is 6.66 Å². The highest BCUT2D eigenvalue weighted by Crippen LogP contribution is 2.34. The molecule has 1 rings (SSSR count). The summed E-state index contributed by atoms with van der Waals surface area (Å²) in [5, 5.41) is -0.0697. The van der Waals surface area contributed by atoms with Crippen LogP contribution >= 0.6 is 17.8 Å². The van der Waals surface area contributed by atoms with Crippen molar-refractivity contribution in [2.45, 2.75) is 6.42 Å². The summed E-state index contributed by atoms with van der Waals surface area (Å²) < 4.78 is 76.9. The van der Waals surface area contributed by atoms with Crippen molar-refractivity contribution < 1.29 is 26.3 Å². The number of rotatable bonds is 4. The molecule has 0 aliphatic rings. The molecule has 1 aromatic rings. The summed E-state index contributed by atoms with van der Waals surface area (Å²) in [5.74, 6) is -3.24. The number of allylic oxidation sites excluding steroid dienone is 1. The third kappa shape index (κ3) is 4.07. The zero-order valence-electron chi connectivity index (χ0n) is 10.2. The molecule has 0 nitrogen and oxygen atoms in total. The summed E-state index contributed by atoms with van der Waals surface area (Å²) in [4.78, 5) is 0. The highest BCUT2D eigenvalue weighted by molar-refractivity contribution is 7.42. The van der Waals surface area contributed by atoms with Gasteiger partial charge < -0.3 is 0 Å². The van der Waals surface area contributed by atoms with Gasteiger partial charge in [-0.15, -0.1) is 9.24 Å². The Bertz CT molecular complexity index is 572. The first-order valence-corrected chi connectivity index (χ1v) is 7.36. The third-order valence-corrected chi connectivity index (χ3v) is 3.78. The molecule has 1 aromatic carbocycles. The number of benzene rings is 1. The summed E-state index contributed by atoms with van der Waals surface area (Å²) in [6.45, 7) is 1.47. The Balaban J connectivity index is 3.46. The average Bonchev–Trinajstić information content (AvgIpc) is 2.33. The minimum Gasteiger partial charge on any atom is -0.206 e. The molecule has 0 aliphatic heterocycles. The van der Waals surface area contributed by atoms with Crippen LogP contribution in [0.15, 0.2) is 29.6 Å². The SMILES string of the molecule is CPC(Cc1cc(P)cc(F)c1C(F)=C(F)F)=C(F)F. The molecule has 0 saturated carbocycles. The number of hydrogen-bond donors (Lipinski definition) is 0. The van der Waals surface area contributed by atoms with E-state index in [9.17, 15) is 26.3 Å². The Morgan fingerprint density at radius 3 is 2.15 bits per heavy atom. The fourth-order valence-corrected chi connectivity index (χ4v) is 2.51. The lowest BCUT2D eigenvalue weighted by atomic mass is 10.0. The van der Waals surface area contributed by atoms with Gasteiger partial charge in [0.05, 0.1) is 5.56 Å². The molecule has 0 spiro atoms. The van der Waals surface area contributed by atoms with E-state index in [0.29, 0.717) is 0 Å². The fourth-order valence-electron chi connectivity index (χ4n) is 1.61. The smallest absolute Gasteiger partial charge is 0.206 e. The van der Waals surface area contributed by atoms with Gasteiger partial charge in [-0.1, -0.05) is 14.6 Å². The maximum absolute atomic E-state index is 13.7. The van der Waals surface area contributed by atoms with Crippen LogP contribution in [0.2, 0.25) is 0 Å². The minimum absolute atomic E-state index is 0.238. The molecule has 8 heteroatoms. The van der Waals surface area contributed by atoms with Gasteiger partial charge in [0.15, 0.2) is 5.83 Å². The predicted octanol–water partition coefficient (Wildman–Crippen LogP) is 4.82. The maximum atomic E-state index is 13.7. The molecule has 0 aliphatic carbocycles. The van der Waals surface area contributed by atoms with Crippen molar-refractivity contribution in [2.24, 2.45) is 0 Å². The van der Waals surface area contributed by atoms with Gasteiger partial charge in [0.2, 0.25) is 0 Å². The van der Waals surface area contributed by atoms with Crippen molar-refractivity contribution in [3.8, 4) is 0 Å². The monoisotopic (exact) mass is 330 g/mol. The maximum Gasteiger partial charge on any atom is 0.306 e. The molecule has 0 N–H and O–H groups in total. The summed E-state index contributed by atoms with van der Waals surface area (Å²) in [5.41, 5.74) is -1.20. The summed E-state index contributed by atoms with van der Waals surface area (Å²) >= 11 is 0. The van der Waals surface area contributed by atoms with Gasteiger partial charge in [-0.25, -0.2) is 8.78 Å².